The number of carbonyl (C=O) groups excluding carboxylic acids is 1. The van der Waals surface area contributed by atoms with Crippen LogP contribution in [0.1, 0.15) is 22.5 Å². The summed E-state index contributed by atoms with van der Waals surface area (Å²) in [6.45, 7) is 0.0630. The summed E-state index contributed by atoms with van der Waals surface area (Å²) in [6, 6.07) is 15.6. The van der Waals surface area contributed by atoms with Crippen molar-refractivity contribution < 1.29 is 19.4 Å². The van der Waals surface area contributed by atoms with Gasteiger partial charge in [-0.15, -0.1) is 0 Å². The molecule has 0 fully saturated rings. The Bertz CT molecular complexity index is 1010. The number of nitrogens with zero attached hydrogens (tertiary/aromatic N) is 2. The molecule has 3 N–H and O–H groups in total. The summed E-state index contributed by atoms with van der Waals surface area (Å²) >= 11 is 3.48. The fourth-order valence-electron chi connectivity index (χ4n) is 3.33. The number of carboxylic acid groups (broad SMARTS) is 1. The van der Waals surface area contributed by atoms with Crippen molar-refractivity contribution in [2.24, 2.45) is 5.92 Å². The molecule has 2 unspecified atom stereocenters. The summed E-state index contributed by atoms with van der Waals surface area (Å²) in [6.07, 6.45) is 2.01. The number of H-pyrrole nitrogens is 1. The molecule has 0 saturated carbocycles. The van der Waals surface area contributed by atoms with E-state index in [1.807, 2.05) is 48.5 Å². The van der Waals surface area contributed by atoms with E-state index in [0.717, 1.165) is 21.2 Å². The Kier molecular flexibility index (Phi) is 7.91. The zero-order valence-electron chi connectivity index (χ0n) is 16.9. The van der Waals surface area contributed by atoms with Crippen molar-refractivity contribution >= 4 is 27.8 Å². The average Bonchev–Trinajstić information content (AvgIpc) is 3.29. The van der Waals surface area contributed by atoms with Crippen LogP contribution in [0.4, 0.5) is 0 Å². The van der Waals surface area contributed by atoms with Crippen molar-refractivity contribution in [3.63, 3.8) is 0 Å². The molecule has 0 radical (unpaired) electrons. The Hall–Kier alpha value is -3.04. The second-order valence-electron chi connectivity index (χ2n) is 7.16. The number of hydrogen-bond donors (Lipinski definition) is 3. The van der Waals surface area contributed by atoms with E-state index in [9.17, 15) is 14.7 Å². The number of methoxy groups -OCH3 is 1. The number of rotatable bonds is 10. The molecule has 0 spiro atoms. The smallest absolute Gasteiger partial charge is 0.308 e. The van der Waals surface area contributed by atoms with E-state index in [0.29, 0.717) is 6.42 Å². The summed E-state index contributed by atoms with van der Waals surface area (Å²) in [5.41, 5.74) is 3.28. The maximum atomic E-state index is 12.5. The Balaban J connectivity index is 1.76. The predicted molar refractivity (Wildman–Crippen MR) is 119 cm³/mol. The highest BCUT2D eigenvalue weighted by Crippen LogP contribution is 2.24. The van der Waals surface area contributed by atoms with E-state index in [1.165, 1.54) is 13.3 Å². The molecule has 3 rings (SSSR count). The van der Waals surface area contributed by atoms with Crippen LogP contribution in [0.25, 0.3) is 11.1 Å². The van der Waals surface area contributed by atoms with Gasteiger partial charge in [-0.3, -0.25) is 9.59 Å². The van der Waals surface area contributed by atoms with Crippen molar-refractivity contribution in [1.82, 2.24) is 20.7 Å². The molecule has 1 aromatic heterocycles. The van der Waals surface area contributed by atoms with Crippen molar-refractivity contribution in [2.75, 3.05) is 13.7 Å². The van der Waals surface area contributed by atoms with Gasteiger partial charge in [0.15, 0.2) is 5.69 Å². The van der Waals surface area contributed by atoms with Crippen LogP contribution in [0, 0.1) is 5.92 Å². The van der Waals surface area contributed by atoms with Gasteiger partial charge in [0, 0.05) is 17.6 Å². The zero-order valence-corrected chi connectivity index (χ0v) is 18.5. The van der Waals surface area contributed by atoms with E-state index in [2.05, 4.69) is 36.7 Å². The molecule has 0 aliphatic rings. The van der Waals surface area contributed by atoms with Crippen LogP contribution in [0.3, 0.4) is 0 Å². The van der Waals surface area contributed by atoms with Gasteiger partial charge in [-0.25, -0.2) is 0 Å². The SMILES string of the molecule is COCC(CC(Cc1ccc(-c2cccc(Br)c2)cc1)NC(=O)c1cn[nH]n1)C(=O)O. The second-order valence-corrected chi connectivity index (χ2v) is 8.08. The third kappa shape index (κ3) is 6.47. The number of carboxylic acids is 1. The summed E-state index contributed by atoms with van der Waals surface area (Å²) < 4.78 is 6.05. The molecule has 9 heteroatoms. The van der Waals surface area contributed by atoms with Crippen LogP contribution in [0.5, 0.6) is 0 Å². The third-order valence-corrected chi connectivity index (χ3v) is 5.36. The van der Waals surface area contributed by atoms with E-state index in [4.69, 9.17) is 4.74 Å². The van der Waals surface area contributed by atoms with Gasteiger partial charge < -0.3 is 15.2 Å². The second kappa shape index (κ2) is 10.8. The summed E-state index contributed by atoms with van der Waals surface area (Å²) in [5, 5.41) is 22.2. The maximum absolute atomic E-state index is 12.5. The Morgan fingerprint density at radius 1 is 1.19 bits per heavy atom. The van der Waals surface area contributed by atoms with E-state index >= 15 is 0 Å². The first-order valence-corrected chi connectivity index (χ1v) is 10.5. The van der Waals surface area contributed by atoms with Gasteiger partial charge in [0.05, 0.1) is 18.7 Å². The quantitative estimate of drug-likeness (QED) is 0.404. The number of carbonyl (C=O) groups is 2. The molecular formula is C22H23BrN4O4. The van der Waals surface area contributed by atoms with Crippen molar-refractivity contribution in [3.05, 3.63) is 70.5 Å². The van der Waals surface area contributed by atoms with Gasteiger partial charge in [0.25, 0.3) is 5.91 Å². The molecule has 0 aliphatic heterocycles. The first-order valence-electron chi connectivity index (χ1n) is 9.69. The molecule has 0 saturated heterocycles. The van der Waals surface area contributed by atoms with Crippen LogP contribution in [0.2, 0.25) is 0 Å². The predicted octanol–water partition coefficient (Wildman–Crippen LogP) is 3.31. The first kappa shape index (κ1) is 22.6. The molecule has 1 heterocycles. The number of aliphatic carboxylic acids is 1. The van der Waals surface area contributed by atoms with Gasteiger partial charge in [-0.1, -0.05) is 52.3 Å². The monoisotopic (exact) mass is 486 g/mol. The van der Waals surface area contributed by atoms with Gasteiger partial charge in [-0.05, 0) is 41.7 Å². The highest BCUT2D eigenvalue weighted by atomic mass is 79.9. The van der Waals surface area contributed by atoms with Crippen LogP contribution in [-0.4, -0.2) is 52.2 Å². The Labute approximate surface area is 188 Å². The van der Waals surface area contributed by atoms with Gasteiger partial charge in [-0.2, -0.15) is 15.4 Å². The lowest BCUT2D eigenvalue weighted by Crippen LogP contribution is -2.40. The molecule has 0 aliphatic carbocycles. The fraction of sp³-hybridized carbons (Fsp3) is 0.273. The maximum Gasteiger partial charge on any atom is 0.308 e. The molecule has 0 bridgehead atoms. The van der Waals surface area contributed by atoms with Gasteiger partial charge >= 0.3 is 5.97 Å². The largest absolute Gasteiger partial charge is 0.481 e. The molecule has 8 nitrogen and oxygen atoms in total. The van der Waals surface area contributed by atoms with Crippen molar-refractivity contribution in [3.8, 4) is 11.1 Å². The summed E-state index contributed by atoms with van der Waals surface area (Å²) in [5.74, 6) is -2.12. The molecule has 1 amide bonds. The minimum atomic E-state index is -0.965. The normalized spacial score (nSPS) is 12.8. The molecule has 2 aromatic carbocycles. The van der Waals surface area contributed by atoms with Crippen molar-refractivity contribution in [2.45, 2.75) is 18.9 Å². The summed E-state index contributed by atoms with van der Waals surface area (Å²) in [7, 11) is 1.46. The number of nitrogens with one attached hydrogen (secondary N) is 2. The minimum Gasteiger partial charge on any atom is -0.481 e. The van der Waals surface area contributed by atoms with Crippen LogP contribution < -0.4 is 5.32 Å². The lowest BCUT2D eigenvalue weighted by molar-refractivity contribution is -0.144. The number of ether oxygens (including phenoxy) is 1. The van der Waals surface area contributed by atoms with E-state index in [-0.39, 0.29) is 18.7 Å². The molecule has 162 valence electrons. The highest BCUT2D eigenvalue weighted by Gasteiger charge is 2.25. The zero-order chi connectivity index (χ0) is 22.2. The molecule has 3 aromatic rings. The number of hydrogen-bond acceptors (Lipinski definition) is 5. The van der Waals surface area contributed by atoms with E-state index < -0.39 is 23.8 Å². The topological polar surface area (TPSA) is 117 Å². The summed E-state index contributed by atoms with van der Waals surface area (Å²) in [4.78, 5) is 24.1. The number of halogens is 1. The Morgan fingerprint density at radius 3 is 2.58 bits per heavy atom. The Morgan fingerprint density at radius 2 is 1.97 bits per heavy atom. The molecule has 31 heavy (non-hydrogen) atoms. The first-order chi connectivity index (χ1) is 15.0. The molecular weight excluding hydrogens is 464 g/mol. The van der Waals surface area contributed by atoms with Crippen LogP contribution in [0.15, 0.2) is 59.2 Å². The molecule has 2 atom stereocenters. The van der Waals surface area contributed by atoms with E-state index in [1.54, 1.807) is 0 Å². The van der Waals surface area contributed by atoms with Crippen molar-refractivity contribution in [1.29, 1.82) is 0 Å². The standard InChI is InChI=1S/C22H23BrN4O4/c1-31-13-17(22(29)30)11-19(25-21(28)20-12-24-27-26-20)9-14-5-7-15(8-6-14)16-3-2-4-18(23)10-16/h2-8,10,12,17,19H,9,11,13H2,1H3,(H,25,28)(H,29,30)(H,24,26,27). The highest BCUT2D eigenvalue weighted by molar-refractivity contribution is 9.10. The lowest BCUT2D eigenvalue weighted by Gasteiger charge is -2.22. The van der Waals surface area contributed by atoms with Gasteiger partial charge in [0.1, 0.15) is 0 Å². The lowest BCUT2D eigenvalue weighted by atomic mass is 9.94. The minimum absolute atomic E-state index is 0.0630. The van der Waals surface area contributed by atoms with Gasteiger partial charge in [0.2, 0.25) is 0 Å². The number of aromatic amines is 1. The van der Waals surface area contributed by atoms with Crippen LogP contribution in [-0.2, 0) is 16.0 Å². The average molecular weight is 487 g/mol. The number of benzene rings is 2. The number of amides is 1. The van der Waals surface area contributed by atoms with Crippen LogP contribution >= 0.6 is 15.9 Å². The third-order valence-electron chi connectivity index (χ3n) is 4.86. The fourth-order valence-corrected chi connectivity index (χ4v) is 3.73. The number of aromatic nitrogens is 3.